The first-order valence-electron chi connectivity index (χ1n) is 12.1. The monoisotopic (exact) mass is 493 g/mol. The number of anilines is 3. The number of nitrogens with one attached hydrogen (secondary N) is 3. The number of benzene rings is 2. The minimum atomic E-state index is -0.276. The van der Waals surface area contributed by atoms with Gasteiger partial charge in [0.1, 0.15) is 6.33 Å². The number of urea groups is 1. The van der Waals surface area contributed by atoms with Crippen LogP contribution >= 0.6 is 0 Å². The topological polar surface area (TPSA) is 118 Å². The largest absolute Gasteiger partial charge is 0.417 e. The SMILES string of the molecule is CC(C)c1cc(NC(=O)Nc2ccccc2)ccc1CCNc1ncnc2oc(-c3ccncc3)nc12. The van der Waals surface area contributed by atoms with E-state index in [4.69, 9.17) is 4.42 Å². The Hall–Kier alpha value is -4.79. The third-order valence-electron chi connectivity index (χ3n) is 5.87. The summed E-state index contributed by atoms with van der Waals surface area (Å²) in [6.45, 7) is 4.93. The molecule has 5 aromatic rings. The number of aromatic nitrogens is 4. The molecule has 9 heteroatoms. The summed E-state index contributed by atoms with van der Waals surface area (Å²) in [6.07, 6.45) is 5.62. The molecular weight excluding hydrogens is 466 g/mol. The van der Waals surface area contributed by atoms with Crippen molar-refractivity contribution in [2.75, 3.05) is 22.5 Å². The highest BCUT2D eigenvalue weighted by atomic mass is 16.4. The van der Waals surface area contributed by atoms with Crippen LogP contribution in [0.2, 0.25) is 0 Å². The first-order valence-corrected chi connectivity index (χ1v) is 12.1. The Morgan fingerprint density at radius 1 is 0.946 bits per heavy atom. The molecule has 3 aromatic heterocycles. The lowest BCUT2D eigenvalue weighted by atomic mass is 9.94. The third-order valence-corrected chi connectivity index (χ3v) is 5.87. The van der Waals surface area contributed by atoms with E-state index >= 15 is 0 Å². The molecule has 2 aromatic carbocycles. The van der Waals surface area contributed by atoms with Gasteiger partial charge in [0.2, 0.25) is 5.89 Å². The van der Waals surface area contributed by atoms with E-state index in [0.717, 1.165) is 23.4 Å². The first-order chi connectivity index (χ1) is 18.1. The van der Waals surface area contributed by atoms with Crippen LogP contribution in [0.1, 0.15) is 30.9 Å². The van der Waals surface area contributed by atoms with Gasteiger partial charge in [-0.25, -0.2) is 14.8 Å². The molecule has 0 radical (unpaired) electrons. The fraction of sp³-hybridized carbons (Fsp3) is 0.179. The Bertz CT molecular complexity index is 1500. The van der Waals surface area contributed by atoms with Crippen molar-refractivity contribution in [1.82, 2.24) is 19.9 Å². The number of carbonyl (C=O) groups excluding carboxylic acids is 1. The van der Waals surface area contributed by atoms with Gasteiger partial charge in [-0.1, -0.05) is 38.1 Å². The number of hydrogen-bond acceptors (Lipinski definition) is 7. The highest BCUT2D eigenvalue weighted by Crippen LogP contribution is 2.27. The molecule has 3 heterocycles. The van der Waals surface area contributed by atoms with Crippen molar-refractivity contribution in [3.05, 3.63) is 90.5 Å². The number of oxazole rings is 1. The van der Waals surface area contributed by atoms with Crippen LogP contribution in [0.4, 0.5) is 22.0 Å². The second-order valence-electron chi connectivity index (χ2n) is 8.82. The van der Waals surface area contributed by atoms with Crippen molar-refractivity contribution in [3.8, 4) is 11.5 Å². The average molecular weight is 494 g/mol. The predicted octanol–water partition coefficient (Wildman–Crippen LogP) is 6.10. The normalized spacial score (nSPS) is 11.0. The Labute approximate surface area is 214 Å². The van der Waals surface area contributed by atoms with Gasteiger partial charge < -0.3 is 20.4 Å². The van der Waals surface area contributed by atoms with Crippen molar-refractivity contribution < 1.29 is 9.21 Å². The fourth-order valence-electron chi connectivity index (χ4n) is 4.07. The lowest BCUT2D eigenvalue weighted by molar-refractivity contribution is 0.262. The maximum Gasteiger partial charge on any atom is 0.323 e. The second-order valence-corrected chi connectivity index (χ2v) is 8.82. The number of hydrogen-bond donors (Lipinski definition) is 3. The zero-order valence-corrected chi connectivity index (χ0v) is 20.6. The maximum absolute atomic E-state index is 12.4. The fourth-order valence-corrected chi connectivity index (χ4v) is 4.07. The first kappa shape index (κ1) is 23.9. The van der Waals surface area contributed by atoms with Crippen molar-refractivity contribution in [2.45, 2.75) is 26.2 Å². The molecule has 0 aliphatic heterocycles. The zero-order chi connectivity index (χ0) is 25.6. The van der Waals surface area contributed by atoms with Crippen molar-refractivity contribution >= 4 is 34.5 Å². The summed E-state index contributed by atoms with van der Waals surface area (Å²) in [7, 11) is 0. The van der Waals surface area contributed by atoms with E-state index < -0.39 is 0 Å². The molecule has 9 nitrogen and oxygen atoms in total. The smallest absolute Gasteiger partial charge is 0.323 e. The molecule has 0 unspecified atom stereocenters. The minimum Gasteiger partial charge on any atom is -0.417 e. The number of pyridine rings is 1. The van der Waals surface area contributed by atoms with Crippen LogP contribution in [0.5, 0.6) is 0 Å². The van der Waals surface area contributed by atoms with Gasteiger partial charge in [0.25, 0.3) is 5.71 Å². The highest BCUT2D eigenvalue weighted by molar-refractivity contribution is 5.99. The van der Waals surface area contributed by atoms with Gasteiger partial charge >= 0.3 is 6.03 Å². The van der Waals surface area contributed by atoms with E-state index in [0.29, 0.717) is 29.5 Å². The summed E-state index contributed by atoms with van der Waals surface area (Å²) < 4.78 is 5.82. The van der Waals surface area contributed by atoms with Gasteiger partial charge in [-0.15, -0.1) is 0 Å². The van der Waals surface area contributed by atoms with Gasteiger partial charge in [0.15, 0.2) is 11.3 Å². The van der Waals surface area contributed by atoms with E-state index in [9.17, 15) is 4.79 Å². The summed E-state index contributed by atoms with van der Waals surface area (Å²) in [5.74, 6) is 1.39. The predicted molar refractivity (Wildman–Crippen MR) is 145 cm³/mol. The molecule has 186 valence electrons. The molecule has 3 N–H and O–H groups in total. The molecule has 0 saturated heterocycles. The van der Waals surface area contributed by atoms with Gasteiger partial charge in [0, 0.05) is 35.9 Å². The number of carbonyl (C=O) groups is 1. The molecule has 0 fully saturated rings. The van der Waals surface area contributed by atoms with Gasteiger partial charge in [-0.3, -0.25) is 4.98 Å². The third kappa shape index (κ3) is 5.72. The summed E-state index contributed by atoms with van der Waals surface area (Å²) in [6, 6.07) is 18.8. The molecule has 0 bridgehead atoms. The maximum atomic E-state index is 12.4. The molecule has 5 rings (SSSR count). The molecule has 0 saturated carbocycles. The minimum absolute atomic E-state index is 0.276. The summed E-state index contributed by atoms with van der Waals surface area (Å²) in [5, 5.41) is 9.15. The summed E-state index contributed by atoms with van der Waals surface area (Å²) in [4.78, 5) is 29.6. The molecule has 2 amide bonds. The van der Waals surface area contributed by atoms with Crippen LogP contribution in [0, 0.1) is 0 Å². The van der Waals surface area contributed by atoms with Crippen molar-refractivity contribution in [2.24, 2.45) is 0 Å². The van der Waals surface area contributed by atoms with Crippen LogP contribution in [-0.4, -0.2) is 32.5 Å². The summed E-state index contributed by atoms with van der Waals surface area (Å²) in [5.41, 5.74) is 5.70. The van der Waals surface area contributed by atoms with E-state index in [1.165, 1.54) is 17.5 Å². The van der Waals surface area contributed by atoms with Crippen LogP contribution in [-0.2, 0) is 6.42 Å². The van der Waals surface area contributed by atoms with Crippen LogP contribution in [0.25, 0.3) is 22.7 Å². The Kier molecular flexibility index (Phi) is 7.02. The highest BCUT2D eigenvalue weighted by Gasteiger charge is 2.14. The standard InChI is InChI=1S/C28H27N7O2/c1-18(2)23-16-22(34-28(36)33-21-6-4-3-5-7-21)9-8-19(23)12-15-30-25-24-27(32-17-31-25)37-26(35-24)20-10-13-29-14-11-20/h3-11,13-14,16-18H,12,15H2,1-2H3,(H,30,31,32)(H2,33,34,36). The Balaban J connectivity index is 1.26. The lowest BCUT2D eigenvalue weighted by Crippen LogP contribution is -2.19. The zero-order valence-electron chi connectivity index (χ0n) is 20.6. The van der Waals surface area contributed by atoms with E-state index in [2.05, 4.69) is 55.8 Å². The Morgan fingerprint density at radius 2 is 1.73 bits per heavy atom. The number of rotatable bonds is 8. The molecule has 0 aliphatic carbocycles. The van der Waals surface area contributed by atoms with Crippen LogP contribution in [0.15, 0.2) is 83.8 Å². The number of nitrogens with zero attached hydrogens (tertiary/aromatic N) is 4. The van der Waals surface area contributed by atoms with Gasteiger partial charge in [-0.2, -0.15) is 4.98 Å². The molecular formula is C28H27N7O2. The quantitative estimate of drug-likeness (QED) is 0.239. The summed E-state index contributed by atoms with van der Waals surface area (Å²) >= 11 is 0. The molecule has 0 aliphatic rings. The molecule has 0 spiro atoms. The molecule has 37 heavy (non-hydrogen) atoms. The second kappa shape index (κ2) is 10.9. The van der Waals surface area contributed by atoms with Gasteiger partial charge in [0.05, 0.1) is 0 Å². The van der Waals surface area contributed by atoms with E-state index in [1.54, 1.807) is 12.4 Å². The van der Waals surface area contributed by atoms with Crippen molar-refractivity contribution in [3.63, 3.8) is 0 Å². The Morgan fingerprint density at radius 3 is 2.51 bits per heavy atom. The lowest BCUT2D eigenvalue weighted by Gasteiger charge is -2.16. The van der Waals surface area contributed by atoms with Gasteiger partial charge in [-0.05, 0) is 59.9 Å². The molecule has 0 atom stereocenters. The number of para-hydroxylation sites is 1. The van der Waals surface area contributed by atoms with Crippen LogP contribution < -0.4 is 16.0 Å². The van der Waals surface area contributed by atoms with Crippen LogP contribution in [0.3, 0.4) is 0 Å². The average Bonchev–Trinajstić information content (AvgIpc) is 3.36. The number of fused-ring (bicyclic) bond motifs is 1. The number of amides is 2. The van der Waals surface area contributed by atoms with E-state index in [-0.39, 0.29) is 11.9 Å². The van der Waals surface area contributed by atoms with E-state index in [1.807, 2.05) is 54.6 Å². The van der Waals surface area contributed by atoms with Crippen molar-refractivity contribution in [1.29, 1.82) is 0 Å².